The molecule has 4 rings (SSSR count). The van der Waals surface area contributed by atoms with Crippen molar-refractivity contribution in [1.82, 2.24) is 0 Å². The van der Waals surface area contributed by atoms with Crippen LogP contribution in [0.5, 0.6) is 0 Å². The number of allylic oxidation sites excluding steroid dienone is 2. The summed E-state index contributed by atoms with van der Waals surface area (Å²) in [5.74, 6) is 3.53. The minimum Gasteiger partial charge on any atom is -0.298 e. The van der Waals surface area contributed by atoms with Gasteiger partial charge >= 0.3 is 0 Å². The van der Waals surface area contributed by atoms with Crippen LogP contribution in [0.25, 0.3) is 0 Å². The number of carbonyl (C=O) groups excluding carboxylic acids is 1. The Labute approximate surface area is 143 Å². The smallest absolute Gasteiger partial charge is 0.152 e. The number of rotatable bonds is 0. The van der Waals surface area contributed by atoms with Gasteiger partial charge in [0.15, 0.2) is 5.78 Å². The fourth-order valence-corrected chi connectivity index (χ4v) is 7.52. The molecule has 1 nitrogen and oxygen atoms in total. The Balaban J connectivity index is 1.70. The van der Waals surface area contributed by atoms with Crippen molar-refractivity contribution >= 4 is 21.7 Å². The highest BCUT2D eigenvalue weighted by molar-refractivity contribution is 9.10. The first-order valence-electron chi connectivity index (χ1n) is 9.24. The summed E-state index contributed by atoms with van der Waals surface area (Å²) in [4.78, 5) is 12.8. The van der Waals surface area contributed by atoms with E-state index in [1.54, 1.807) is 5.57 Å². The second-order valence-electron chi connectivity index (χ2n) is 9.13. The molecule has 7 atom stereocenters. The van der Waals surface area contributed by atoms with Gasteiger partial charge in [0.1, 0.15) is 0 Å². The lowest BCUT2D eigenvalue weighted by molar-refractivity contribution is -0.131. The second kappa shape index (κ2) is 4.94. The number of halogens is 1. The van der Waals surface area contributed by atoms with Gasteiger partial charge < -0.3 is 0 Å². The number of Topliss-reactive ketones (excluding diaryl/α,β-unsaturated/α-hetero) is 1. The molecule has 0 radical (unpaired) electrons. The second-order valence-corrected chi connectivity index (χ2v) is 10.2. The van der Waals surface area contributed by atoms with E-state index >= 15 is 0 Å². The monoisotopic (exact) mass is 364 g/mol. The third-order valence-corrected chi connectivity index (χ3v) is 8.84. The predicted octanol–water partition coefficient (Wildman–Crippen LogP) is 5.53. The van der Waals surface area contributed by atoms with E-state index in [0.717, 1.165) is 30.6 Å². The van der Waals surface area contributed by atoms with Crippen LogP contribution in [0.2, 0.25) is 0 Å². The molecule has 0 aliphatic heterocycles. The summed E-state index contributed by atoms with van der Waals surface area (Å²) in [6.45, 7) is 7.23. The van der Waals surface area contributed by atoms with Gasteiger partial charge in [-0.1, -0.05) is 48.4 Å². The highest BCUT2D eigenvalue weighted by Gasteiger charge is 2.60. The predicted molar refractivity (Wildman–Crippen MR) is 94.0 cm³/mol. The summed E-state index contributed by atoms with van der Waals surface area (Å²) < 4.78 is 0. The number of hydrogen-bond donors (Lipinski definition) is 0. The van der Waals surface area contributed by atoms with E-state index in [-0.39, 0.29) is 10.2 Å². The largest absolute Gasteiger partial charge is 0.298 e. The van der Waals surface area contributed by atoms with E-state index < -0.39 is 0 Å². The minimum atomic E-state index is -0.0427. The maximum Gasteiger partial charge on any atom is 0.152 e. The van der Waals surface area contributed by atoms with Gasteiger partial charge in [-0.2, -0.15) is 0 Å². The van der Waals surface area contributed by atoms with E-state index in [2.05, 4.69) is 42.8 Å². The molecule has 3 saturated carbocycles. The molecule has 3 fully saturated rings. The van der Waals surface area contributed by atoms with Crippen LogP contribution >= 0.6 is 15.9 Å². The maximum absolute atomic E-state index is 12.7. The highest BCUT2D eigenvalue weighted by atomic mass is 79.9. The van der Waals surface area contributed by atoms with Gasteiger partial charge in [-0.05, 0) is 74.0 Å². The summed E-state index contributed by atoms with van der Waals surface area (Å²) in [7, 11) is 0. The first kappa shape index (κ1) is 15.4. The van der Waals surface area contributed by atoms with Crippen LogP contribution in [0.15, 0.2) is 11.6 Å². The molecule has 0 saturated heterocycles. The van der Waals surface area contributed by atoms with Gasteiger partial charge in [0.05, 0.1) is 4.83 Å². The van der Waals surface area contributed by atoms with Gasteiger partial charge in [-0.15, -0.1) is 0 Å². The average Bonchev–Trinajstić information content (AvgIpc) is 2.72. The first-order valence-corrected chi connectivity index (χ1v) is 10.2. The molecular weight excluding hydrogens is 336 g/mol. The molecule has 0 aromatic rings. The number of alkyl halides is 1. The van der Waals surface area contributed by atoms with Crippen molar-refractivity contribution in [2.45, 2.75) is 70.5 Å². The lowest BCUT2D eigenvalue weighted by Gasteiger charge is -2.56. The summed E-state index contributed by atoms with van der Waals surface area (Å²) in [5.41, 5.74) is 2.15. The average molecular weight is 365 g/mol. The van der Waals surface area contributed by atoms with Crippen LogP contribution in [-0.4, -0.2) is 10.6 Å². The summed E-state index contributed by atoms with van der Waals surface area (Å²) in [6, 6.07) is 0. The molecular formula is C20H29BrO. The van der Waals surface area contributed by atoms with Gasteiger partial charge in [0.2, 0.25) is 0 Å². The van der Waals surface area contributed by atoms with E-state index in [9.17, 15) is 4.79 Å². The van der Waals surface area contributed by atoms with E-state index in [1.165, 1.54) is 32.1 Å². The fourth-order valence-electron chi connectivity index (χ4n) is 6.59. The van der Waals surface area contributed by atoms with Crippen molar-refractivity contribution in [3.05, 3.63) is 11.6 Å². The van der Waals surface area contributed by atoms with Crippen molar-refractivity contribution in [2.24, 2.45) is 34.5 Å². The maximum atomic E-state index is 12.7. The molecule has 0 aromatic carbocycles. The van der Waals surface area contributed by atoms with Crippen molar-refractivity contribution in [2.75, 3.05) is 0 Å². The number of carbonyl (C=O) groups is 1. The zero-order chi connectivity index (χ0) is 15.7. The van der Waals surface area contributed by atoms with Gasteiger partial charge in [0.25, 0.3) is 0 Å². The first-order chi connectivity index (χ1) is 10.4. The molecule has 0 amide bonds. The van der Waals surface area contributed by atoms with Crippen LogP contribution in [0, 0.1) is 34.5 Å². The van der Waals surface area contributed by atoms with Gasteiger partial charge in [0, 0.05) is 5.41 Å². The summed E-state index contributed by atoms with van der Waals surface area (Å²) >= 11 is 3.67. The zero-order valence-corrected chi connectivity index (χ0v) is 15.8. The SMILES string of the molecule is C[C@H]1CC[C@@]2(C)C(=CC[C@@H]3[C@@H]2CC[C@]2(C)C(=O)[C@H](Br)C[C@@H]32)C1. The standard InChI is InChI=1S/C20H29BrO/c1-12-6-8-19(2)13(10-12)4-5-14-15(19)7-9-20(3)16(14)11-17(21)18(20)22/h4,12,14-17H,5-11H2,1-3H3/t12-,14+,15-,16-,17+,19-,20-/m0/s1. The molecule has 4 aliphatic rings. The van der Waals surface area contributed by atoms with Crippen LogP contribution < -0.4 is 0 Å². The Morgan fingerprint density at radius 3 is 2.64 bits per heavy atom. The Hall–Kier alpha value is -0.110. The topological polar surface area (TPSA) is 17.1 Å². The van der Waals surface area contributed by atoms with Crippen molar-refractivity contribution in [3.63, 3.8) is 0 Å². The van der Waals surface area contributed by atoms with Crippen molar-refractivity contribution in [3.8, 4) is 0 Å². The van der Waals surface area contributed by atoms with Gasteiger partial charge in [-0.25, -0.2) is 0 Å². The summed E-state index contributed by atoms with van der Waals surface area (Å²) in [5, 5.41) is 0. The molecule has 122 valence electrons. The van der Waals surface area contributed by atoms with Gasteiger partial charge in [-0.3, -0.25) is 4.79 Å². The number of ketones is 1. The lowest BCUT2D eigenvalue weighted by Crippen LogP contribution is -2.50. The Kier molecular flexibility index (Phi) is 3.46. The third kappa shape index (κ3) is 1.91. The molecule has 0 N–H and O–H groups in total. The van der Waals surface area contributed by atoms with Crippen molar-refractivity contribution < 1.29 is 4.79 Å². The quantitative estimate of drug-likeness (QED) is 0.408. The Bertz CT molecular complexity index is 538. The molecule has 22 heavy (non-hydrogen) atoms. The number of hydrogen-bond acceptors (Lipinski definition) is 1. The highest BCUT2D eigenvalue weighted by Crippen LogP contribution is 2.64. The van der Waals surface area contributed by atoms with E-state index in [0.29, 0.717) is 17.1 Å². The zero-order valence-electron chi connectivity index (χ0n) is 14.2. The van der Waals surface area contributed by atoms with Crippen LogP contribution in [-0.2, 0) is 4.79 Å². The van der Waals surface area contributed by atoms with Crippen LogP contribution in [0.3, 0.4) is 0 Å². The molecule has 4 aliphatic carbocycles. The summed E-state index contributed by atoms with van der Waals surface area (Å²) in [6.07, 6.45) is 11.4. The van der Waals surface area contributed by atoms with Crippen LogP contribution in [0.1, 0.15) is 65.7 Å². The molecule has 0 bridgehead atoms. The normalized spacial score (nSPS) is 54.3. The number of fused-ring (bicyclic) bond motifs is 5. The molecule has 2 heteroatoms. The molecule has 0 aromatic heterocycles. The fraction of sp³-hybridized carbons (Fsp3) is 0.850. The molecule has 0 unspecified atom stereocenters. The minimum absolute atomic E-state index is 0.0427. The Morgan fingerprint density at radius 2 is 1.86 bits per heavy atom. The van der Waals surface area contributed by atoms with Crippen LogP contribution in [0.4, 0.5) is 0 Å². The van der Waals surface area contributed by atoms with E-state index in [4.69, 9.17) is 0 Å². The molecule has 0 heterocycles. The van der Waals surface area contributed by atoms with Crippen molar-refractivity contribution in [1.29, 1.82) is 0 Å². The third-order valence-electron chi connectivity index (χ3n) is 8.05. The lowest BCUT2D eigenvalue weighted by atomic mass is 9.47. The molecule has 0 spiro atoms. The Morgan fingerprint density at radius 1 is 1.14 bits per heavy atom. The van der Waals surface area contributed by atoms with E-state index in [1.807, 2.05) is 0 Å².